The lowest BCUT2D eigenvalue weighted by molar-refractivity contribution is -0.109. The Bertz CT molecular complexity index is 62.7. The van der Waals surface area contributed by atoms with E-state index in [0.29, 0.717) is 5.75 Å². The Labute approximate surface area is 53.3 Å². The van der Waals surface area contributed by atoms with Gasteiger partial charge >= 0.3 is 0 Å². The van der Waals surface area contributed by atoms with Crippen molar-refractivity contribution >= 4 is 29.5 Å². The summed E-state index contributed by atoms with van der Waals surface area (Å²) in [5, 5.41) is 0.119. The highest BCUT2D eigenvalue weighted by Gasteiger charge is 1.88. The van der Waals surface area contributed by atoms with Crippen LogP contribution in [0, 0.1) is 5.75 Å². The first-order valence-corrected chi connectivity index (χ1v) is 3.38. The van der Waals surface area contributed by atoms with Gasteiger partial charge in [0, 0.05) is 18.4 Å². The summed E-state index contributed by atoms with van der Waals surface area (Å²) < 4.78 is 0. The van der Waals surface area contributed by atoms with E-state index >= 15 is 0 Å². The maximum atomic E-state index is 10.1. The summed E-state index contributed by atoms with van der Waals surface area (Å²) >= 11 is 5.06. The molecule has 0 fully saturated rings. The Morgan fingerprint density at radius 2 is 2.57 bits per heavy atom. The van der Waals surface area contributed by atoms with E-state index < -0.39 is 0 Å². The second-order valence-electron chi connectivity index (χ2n) is 0.959. The van der Waals surface area contributed by atoms with E-state index in [1.807, 2.05) is 0 Å². The van der Waals surface area contributed by atoms with Gasteiger partial charge in [-0.05, 0) is 0 Å². The molecule has 0 saturated carbocycles. The first-order valence-electron chi connectivity index (χ1n) is 1.87. The molecule has 0 spiro atoms. The maximum Gasteiger partial charge on any atom is 0.186 e. The number of thioether (sulfide) groups is 1. The van der Waals surface area contributed by atoms with Crippen molar-refractivity contribution in [1.82, 2.24) is 0 Å². The Balaban J connectivity index is 2.82. The largest absolute Gasteiger partial charge is 0.288 e. The maximum absolute atomic E-state index is 10.1. The van der Waals surface area contributed by atoms with Gasteiger partial charge in [0.2, 0.25) is 0 Å². The molecule has 0 aliphatic carbocycles. The molecule has 0 aromatic carbocycles. The van der Waals surface area contributed by atoms with Gasteiger partial charge < -0.3 is 0 Å². The molecule has 3 heteroatoms. The SMILES string of the molecule is CC(=O)S[CH]CS. The van der Waals surface area contributed by atoms with Gasteiger partial charge in [-0.15, -0.1) is 0 Å². The number of thiol groups is 1. The van der Waals surface area contributed by atoms with Gasteiger partial charge in [-0.25, -0.2) is 0 Å². The molecule has 0 aliphatic rings. The molecule has 0 N–H and O–H groups in total. The average molecular weight is 135 g/mol. The molecule has 0 aliphatic heterocycles. The van der Waals surface area contributed by atoms with E-state index in [2.05, 4.69) is 12.6 Å². The molecule has 0 aromatic rings. The lowest BCUT2D eigenvalue weighted by Gasteiger charge is -1.85. The smallest absolute Gasteiger partial charge is 0.186 e. The molecule has 0 amide bonds. The van der Waals surface area contributed by atoms with E-state index in [-0.39, 0.29) is 5.12 Å². The second-order valence-corrected chi connectivity index (χ2v) is 2.47. The molecule has 0 unspecified atom stereocenters. The molecule has 41 valence electrons. The van der Waals surface area contributed by atoms with Gasteiger partial charge in [-0.2, -0.15) is 12.6 Å². The van der Waals surface area contributed by atoms with Crippen LogP contribution in [0.4, 0.5) is 0 Å². The van der Waals surface area contributed by atoms with E-state index in [0.717, 1.165) is 0 Å². The molecule has 0 atom stereocenters. The number of carbonyl (C=O) groups excluding carboxylic acids is 1. The number of hydrogen-bond donors (Lipinski definition) is 1. The van der Waals surface area contributed by atoms with Crippen LogP contribution in [0.1, 0.15) is 6.92 Å². The third kappa shape index (κ3) is 6.37. The van der Waals surface area contributed by atoms with Crippen LogP contribution >= 0.6 is 24.4 Å². The highest BCUT2D eigenvalue weighted by atomic mass is 32.2. The van der Waals surface area contributed by atoms with Gasteiger partial charge in [0.15, 0.2) is 5.12 Å². The third-order valence-corrected chi connectivity index (χ3v) is 1.42. The van der Waals surface area contributed by atoms with Crippen molar-refractivity contribution in [3.8, 4) is 0 Å². The van der Waals surface area contributed by atoms with Gasteiger partial charge in [-0.3, -0.25) is 4.79 Å². The van der Waals surface area contributed by atoms with Crippen LogP contribution in [0.15, 0.2) is 0 Å². The summed E-state index contributed by atoms with van der Waals surface area (Å²) in [6.45, 7) is 1.53. The topological polar surface area (TPSA) is 17.1 Å². The molecular formula is C4H7OS2. The Hall–Kier alpha value is 0.370. The van der Waals surface area contributed by atoms with E-state index in [1.165, 1.54) is 18.7 Å². The minimum Gasteiger partial charge on any atom is -0.288 e. The van der Waals surface area contributed by atoms with Crippen LogP contribution in [-0.4, -0.2) is 10.9 Å². The normalized spacial score (nSPS) is 8.86. The summed E-state index contributed by atoms with van der Waals surface area (Å²) in [6, 6.07) is 0. The summed E-state index contributed by atoms with van der Waals surface area (Å²) in [5.41, 5.74) is 0. The zero-order valence-electron chi connectivity index (χ0n) is 4.05. The summed E-state index contributed by atoms with van der Waals surface area (Å²) in [6.07, 6.45) is 0. The minimum absolute atomic E-state index is 0.119. The molecule has 0 saturated heterocycles. The first-order chi connectivity index (χ1) is 3.27. The molecule has 7 heavy (non-hydrogen) atoms. The van der Waals surface area contributed by atoms with Gasteiger partial charge in [-0.1, -0.05) is 11.8 Å². The zero-order valence-corrected chi connectivity index (χ0v) is 5.76. The second kappa shape index (κ2) is 4.53. The monoisotopic (exact) mass is 135 g/mol. The fraction of sp³-hybridized carbons (Fsp3) is 0.500. The summed E-state index contributed by atoms with van der Waals surface area (Å²) in [4.78, 5) is 10.1. The van der Waals surface area contributed by atoms with Crippen molar-refractivity contribution in [3.05, 3.63) is 5.75 Å². The van der Waals surface area contributed by atoms with Gasteiger partial charge in [0.1, 0.15) is 0 Å². The number of carbonyl (C=O) groups is 1. The van der Waals surface area contributed by atoms with Crippen molar-refractivity contribution in [3.63, 3.8) is 0 Å². The molecule has 1 radical (unpaired) electrons. The fourth-order valence-corrected chi connectivity index (χ4v) is 0.687. The van der Waals surface area contributed by atoms with Crippen molar-refractivity contribution < 1.29 is 4.79 Å². The lowest BCUT2D eigenvalue weighted by atomic mass is 10.9. The van der Waals surface area contributed by atoms with Crippen LogP contribution in [-0.2, 0) is 4.79 Å². The Kier molecular flexibility index (Phi) is 4.77. The minimum atomic E-state index is 0.119. The number of rotatable bonds is 2. The van der Waals surface area contributed by atoms with Crippen molar-refractivity contribution in [2.75, 3.05) is 5.75 Å². The van der Waals surface area contributed by atoms with Crippen molar-refractivity contribution in [2.24, 2.45) is 0 Å². The quantitative estimate of drug-likeness (QED) is 0.576. The summed E-state index contributed by atoms with van der Waals surface area (Å²) in [7, 11) is 0. The predicted octanol–water partition coefficient (Wildman–Crippen LogP) is 1.36. The molecule has 0 aromatic heterocycles. The molecule has 1 nitrogen and oxygen atoms in total. The first kappa shape index (κ1) is 7.37. The van der Waals surface area contributed by atoms with Crippen LogP contribution in [0.25, 0.3) is 0 Å². The van der Waals surface area contributed by atoms with Crippen molar-refractivity contribution in [2.45, 2.75) is 6.92 Å². The van der Waals surface area contributed by atoms with Gasteiger partial charge in [0.05, 0.1) is 0 Å². The van der Waals surface area contributed by atoms with Crippen molar-refractivity contribution in [1.29, 1.82) is 0 Å². The number of hydrogen-bond acceptors (Lipinski definition) is 3. The standard InChI is InChI=1S/C4H7OS2/c1-4(5)7-3-2-6/h3,6H,2H2,1H3. The zero-order chi connectivity index (χ0) is 5.70. The highest BCUT2D eigenvalue weighted by Crippen LogP contribution is 2.05. The summed E-state index contributed by atoms with van der Waals surface area (Å²) in [5.74, 6) is 2.41. The van der Waals surface area contributed by atoms with E-state index in [4.69, 9.17) is 0 Å². The van der Waals surface area contributed by atoms with Gasteiger partial charge in [0.25, 0.3) is 0 Å². The van der Waals surface area contributed by atoms with Crippen LogP contribution in [0.2, 0.25) is 0 Å². The molecule has 0 rings (SSSR count). The van der Waals surface area contributed by atoms with Crippen LogP contribution in [0.5, 0.6) is 0 Å². The Morgan fingerprint density at radius 1 is 2.00 bits per heavy atom. The average Bonchev–Trinajstić information content (AvgIpc) is 1.61. The predicted molar refractivity (Wildman–Crippen MR) is 36.4 cm³/mol. The molecule has 0 bridgehead atoms. The van der Waals surface area contributed by atoms with Crippen LogP contribution in [0.3, 0.4) is 0 Å². The Morgan fingerprint density at radius 3 is 2.71 bits per heavy atom. The van der Waals surface area contributed by atoms with Crippen LogP contribution < -0.4 is 0 Å². The third-order valence-electron chi connectivity index (χ3n) is 0.324. The van der Waals surface area contributed by atoms with E-state index in [1.54, 1.807) is 5.75 Å². The lowest BCUT2D eigenvalue weighted by Crippen LogP contribution is -1.79. The molecular weight excluding hydrogens is 128 g/mol. The van der Waals surface area contributed by atoms with E-state index in [9.17, 15) is 4.79 Å². The fourth-order valence-electron chi connectivity index (χ4n) is 0.155. The molecule has 0 heterocycles. The highest BCUT2D eigenvalue weighted by molar-refractivity contribution is 8.15.